The van der Waals surface area contributed by atoms with Crippen molar-refractivity contribution in [3.05, 3.63) is 12.4 Å². The molecule has 0 aromatic carbocycles. The van der Waals surface area contributed by atoms with Crippen molar-refractivity contribution in [2.45, 2.75) is 51.1 Å². The Bertz CT molecular complexity index is 353. The van der Waals surface area contributed by atoms with Gasteiger partial charge in [0.1, 0.15) is 0 Å². The maximum absolute atomic E-state index is 5.87. The van der Waals surface area contributed by atoms with E-state index in [0.717, 1.165) is 19.5 Å². The number of nitrogens with two attached hydrogens (primary N) is 1. The third-order valence-electron chi connectivity index (χ3n) is 3.26. The molecule has 0 aliphatic heterocycles. The lowest BCUT2D eigenvalue weighted by atomic mass is 9.96. The molecule has 2 rings (SSSR count). The van der Waals surface area contributed by atoms with Crippen LogP contribution >= 0.6 is 0 Å². The summed E-state index contributed by atoms with van der Waals surface area (Å²) in [7, 11) is 0. The molecular formula is C12H22N6. The van der Waals surface area contributed by atoms with Crippen LogP contribution in [0.25, 0.3) is 0 Å². The van der Waals surface area contributed by atoms with Crippen molar-refractivity contribution in [2.75, 3.05) is 6.54 Å². The summed E-state index contributed by atoms with van der Waals surface area (Å²) in [6, 6.07) is 0.526. The van der Waals surface area contributed by atoms with Crippen molar-refractivity contribution in [3.8, 4) is 0 Å². The van der Waals surface area contributed by atoms with Crippen molar-refractivity contribution in [1.82, 2.24) is 20.3 Å². The van der Waals surface area contributed by atoms with Crippen molar-refractivity contribution in [2.24, 2.45) is 10.7 Å². The van der Waals surface area contributed by atoms with Gasteiger partial charge < -0.3 is 11.1 Å². The molecule has 0 bridgehead atoms. The van der Waals surface area contributed by atoms with Crippen molar-refractivity contribution in [1.29, 1.82) is 0 Å². The van der Waals surface area contributed by atoms with Crippen LogP contribution in [-0.2, 0) is 6.54 Å². The molecular weight excluding hydrogens is 228 g/mol. The highest BCUT2D eigenvalue weighted by molar-refractivity contribution is 5.78. The zero-order chi connectivity index (χ0) is 12.6. The number of nitrogens with one attached hydrogen (secondary N) is 1. The third kappa shape index (κ3) is 4.35. The molecule has 0 unspecified atom stereocenters. The van der Waals surface area contributed by atoms with Crippen LogP contribution in [-0.4, -0.2) is 33.5 Å². The smallest absolute Gasteiger partial charge is 0.188 e. The number of hydrogen-bond acceptors (Lipinski definition) is 3. The first-order chi connectivity index (χ1) is 8.84. The quantitative estimate of drug-likeness (QED) is 0.462. The zero-order valence-electron chi connectivity index (χ0n) is 10.8. The first-order valence-corrected chi connectivity index (χ1v) is 6.75. The molecule has 1 aliphatic carbocycles. The molecule has 6 heteroatoms. The molecule has 1 saturated carbocycles. The van der Waals surface area contributed by atoms with Gasteiger partial charge in [-0.05, 0) is 19.3 Å². The molecule has 100 valence electrons. The van der Waals surface area contributed by atoms with E-state index in [1.54, 1.807) is 10.9 Å². The first kappa shape index (κ1) is 12.9. The molecule has 0 amide bonds. The van der Waals surface area contributed by atoms with Gasteiger partial charge in [0.05, 0.1) is 6.20 Å². The molecule has 0 spiro atoms. The minimum atomic E-state index is 0.526. The summed E-state index contributed by atoms with van der Waals surface area (Å²) in [6.07, 6.45) is 10.9. The third-order valence-corrected chi connectivity index (χ3v) is 3.26. The Morgan fingerprint density at radius 1 is 1.39 bits per heavy atom. The second-order valence-electron chi connectivity index (χ2n) is 4.77. The molecule has 1 aromatic rings. The van der Waals surface area contributed by atoms with E-state index < -0.39 is 0 Å². The highest BCUT2D eigenvalue weighted by Crippen LogP contribution is 2.16. The minimum Gasteiger partial charge on any atom is -0.370 e. The number of aliphatic imine (C=N–C) groups is 1. The Kier molecular flexibility index (Phi) is 4.99. The number of hydrogen-bond donors (Lipinski definition) is 2. The Morgan fingerprint density at radius 2 is 2.22 bits per heavy atom. The number of aryl methyl sites for hydroxylation is 1. The van der Waals surface area contributed by atoms with E-state index in [1.165, 1.54) is 32.1 Å². The standard InChI is InChI=1S/C12H22N6/c13-12(16-11-5-2-1-3-6-11)14-7-4-9-18-10-8-15-17-18/h8,10-11H,1-7,9H2,(H3,13,14,16). The van der Waals surface area contributed by atoms with Crippen LogP contribution in [0.15, 0.2) is 17.4 Å². The fraction of sp³-hybridized carbons (Fsp3) is 0.750. The summed E-state index contributed by atoms with van der Waals surface area (Å²) in [5.41, 5.74) is 5.87. The second-order valence-corrected chi connectivity index (χ2v) is 4.77. The van der Waals surface area contributed by atoms with Crippen LogP contribution in [0.2, 0.25) is 0 Å². The minimum absolute atomic E-state index is 0.526. The lowest BCUT2D eigenvalue weighted by molar-refractivity contribution is 0.412. The van der Waals surface area contributed by atoms with Crippen LogP contribution < -0.4 is 11.1 Å². The molecule has 0 saturated heterocycles. The van der Waals surface area contributed by atoms with Gasteiger partial charge in [0.15, 0.2) is 5.96 Å². The highest BCUT2D eigenvalue weighted by atomic mass is 15.4. The average Bonchev–Trinajstić information content (AvgIpc) is 2.89. The summed E-state index contributed by atoms with van der Waals surface area (Å²) in [4.78, 5) is 4.34. The van der Waals surface area contributed by atoms with Crippen LogP contribution in [0.5, 0.6) is 0 Å². The lowest BCUT2D eigenvalue weighted by Crippen LogP contribution is -2.41. The Labute approximate surface area is 108 Å². The molecule has 1 aliphatic rings. The maximum Gasteiger partial charge on any atom is 0.188 e. The summed E-state index contributed by atoms with van der Waals surface area (Å²) < 4.78 is 1.81. The molecule has 6 nitrogen and oxygen atoms in total. The van der Waals surface area contributed by atoms with E-state index >= 15 is 0 Å². The van der Waals surface area contributed by atoms with Gasteiger partial charge in [-0.25, -0.2) is 0 Å². The monoisotopic (exact) mass is 250 g/mol. The maximum atomic E-state index is 5.87. The predicted octanol–water partition coefficient (Wildman–Crippen LogP) is 0.905. The Morgan fingerprint density at radius 3 is 2.94 bits per heavy atom. The topological polar surface area (TPSA) is 81.1 Å². The Balaban J connectivity index is 1.62. The summed E-state index contributed by atoms with van der Waals surface area (Å²) in [6.45, 7) is 1.56. The van der Waals surface area contributed by atoms with Gasteiger partial charge in [0.2, 0.25) is 0 Å². The van der Waals surface area contributed by atoms with Crippen LogP contribution in [0.1, 0.15) is 38.5 Å². The summed E-state index contributed by atoms with van der Waals surface area (Å²) in [5, 5.41) is 11.0. The molecule has 0 atom stereocenters. The van der Waals surface area contributed by atoms with Gasteiger partial charge in [-0.3, -0.25) is 9.67 Å². The number of aromatic nitrogens is 3. The van der Waals surface area contributed by atoms with E-state index in [0.29, 0.717) is 12.0 Å². The number of rotatable bonds is 5. The zero-order valence-corrected chi connectivity index (χ0v) is 10.8. The van der Waals surface area contributed by atoms with E-state index in [1.807, 2.05) is 6.20 Å². The van der Waals surface area contributed by atoms with Crippen molar-refractivity contribution in [3.63, 3.8) is 0 Å². The van der Waals surface area contributed by atoms with Crippen LogP contribution in [0, 0.1) is 0 Å². The summed E-state index contributed by atoms with van der Waals surface area (Å²) >= 11 is 0. The van der Waals surface area contributed by atoms with Gasteiger partial charge in [0.25, 0.3) is 0 Å². The average molecular weight is 250 g/mol. The van der Waals surface area contributed by atoms with E-state index in [2.05, 4.69) is 20.6 Å². The Hall–Kier alpha value is -1.59. The molecule has 1 aromatic heterocycles. The van der Waals surface area contributed by atoms with Crippen LogP contribution in [0.4, 0.5) is 0 Å². The van der Waals surface area contributed by atoms with Gasteiger partial charge in [-0.15, -0.1) is 5.10 Å². The van der Waals surface area contributed by atoms with Gasteiger partial charge in [-0.2, -0.15) is 0 Å². The van der Waals surface area contributed by atoms with Crippen molar-refractivity contribution < 1.29 is 0 Å². The number of guanidine groups is 1. The molecule has 18 heavy (non-hydrogen) atoms. The second kappa shape index (κ2) is 6.98. The SMILES string of the molecule is NC(=NCCCn1ccnn1)NC1CCCCC1. The van der Waals surface area contributed by atoms with E-state index in [9.17, 15) is 0 Å². The highest BCUT2D eigenvalue weighted by Gasteiger charge is 2.12. The van der Waals surface area contributed by atoms with Gasteiger partial charge in [-0.1, -0.05) is 24.5 Å². The molecule has 1 heterocycles. The summed E-state index contributed by atoms with van der Waals surface area (Å²) in [5.74, 6) is 0.584. The normalized spacial score (nSPS) is 17.9. The van der Waals surface area contributed by atoms with Gasteiger partial charge in [0, 0.05) is 25.3 Å². The van der Waals surface area contributed by atoms with Crippen molar-refractivity contribution >= 4 is 5.96 Å². The molecule has 0 radical (unpaired) electrons. The predicted molar refractivity (Wildman–Crippen MR) is 71.1 cm³/mol. The van der Waals surface area contributed by atoms with E-state index in [-0.39, 0.29) is 0 Å². The fourth-order valence-corrected chi connectivity index (χ4v) is 2.29. The molecule has 3 N–H and O–H groups in total. The van der Waals surface area contributed by atoms with E-state index in [4.69, 9.17) is 5.73 Å². The molecule has 1 fully saturated rings. The number of nitrogens with zero attached hydrogens (tertiary/aromatic N) is 4. The van der Waals surface area contributed by atoms with Gasteiger partial charge >= 0.3 is 0 Å². The first-order valence-electron chi connectivity index (χ1n) is 6.75. The largest absolute Gasteiger partial charge is 0.370 e. The fourth-order valence-electron chi connectivity index (χ4n) is 2.29. The van der Waals surface area contributed by atoms with Crippen LogP contribution in [0.3, 0.4) is 0 Å². The lowest BCUT2D eigenvalue weighted by Gasteiger charge is -2.23.